The highest BCUT2D eigenvalue weighted by Gasteiger charge is 2.32. The zero-order chi connectivity index (χ0) is 24.2. The number of nitrogens with one attached hydrogen (secondary N) is 1. The number of hydrogen-bond donors (Lipinski definition) is 2. The molecule has 0 aromatic carbocycles. The summed E-state index contributed by atoms with van der Waals surface area (Å²) in [4.78, 5) is 23.5. The van der Waals surface area contributed by atoms with Gasteiger partial charge in [-0.3, -0.25) is 4.79 Å². The van der Waals surface area contributed by atoms with Gasteiger partial charge >= 0.3 is 6.09 Å². The number of sulfonamides is 1. The normalized spacial score (nSPS) is 20.8. The quantitative estimate of drug-likeness (QED) is 0.285. The molecule has 1 saturated carbocycles. The maximum atomic E-state index is 12.3. The first-order valence-corrected chi connectivity index (χ1v) is 13.5. The number of hydrogen-bond acceptors (Lipinski definition) is 6. The van der Waals surface area contributed by atoms with Gasteiger partial charge in [-0.1, -0.05) is 57.9 Å². The summed E-state index contributed by atoms with van der Waals surface area (Å²) in [5.74, 6) is 0.427. The van der Waals surface area contributed by atoms with Gasteiger partial charge in [0.25, 0.3) is 0 Å². The Labute approximate surface area is 193 Å². The van der Waals surface area contributed by atoms with Crippen LogP contribution in [0.1, 0.15) is 78.6 Å². The summed E-state index contributed by atoms with van der Waals surface area (Å²) in [5.41, 5.74) is -0.167. The van der Waals surface area contributed by atoms with Crippen molar-refractivity contribution >= 4 is 21.9 Å². The van der Waals surface area contributed by atoms with Crippen LogP contribution in [0.3, 0.4) is 0 Å². The highest BCUT2D eigenvalue weighted by molar-refractivity contribution is 7.89. The molecule has 0 aliphatic heterocycles. The van der Waals surface area contributed by atoms with Crippen molar-refractivity contribution < 1.29 is 27.9 Å². The van der Waals surface area contributed by atoms with Gasteiger partial charge < -0.3 is 9.84 Å². The van der Waals surface area contributed by atoms with Crippen LogP contribution in [0, 0.1) is 17.3 Å². The lowest BCUT2D eigenvalue weighted by Crippen LogP contribution is -2.30. The van der Waals surface area contributed by atoms with E-state index in [4.69, 9.17) is 4.74 Å². The molecule has 32 heavy (non-hydrogen) atoms. The van der Waals surface area contributed by atoms with Gasteiger partial charge in [-0.15, -0.1) is 0 Å². The predicted molar refractivity (Wildman–Crippen MR) is 127 cm³/mol. The van der Waals surface area contributed by atoms with Crippen molar-refractivity contribution in [3.05, 3.63) is 24.3 Å². The molecule has 7 nitrogen and oxygen atoms in total. The van der Waals surface area contributed by atoms with Crippen molar-refractivity contribution in [1.82, 2.24) is 4.72 Å². The fourth-order valence-corrected chi connectivity index (χ4v) is 4.19. The third-order valence-corrected chi connectivity index (χ3v) is 6.53. The van der Waals surface area contributed by atoms with Gasteiger partial charge in [-0.2, -0.15) is 0 Å². The Morgan fingerprint density at radius 2 is 2.00 bits per heavy atom. The number of carbonyl (C=O) groups is 2. The van der Waals surface area contributed by atoms with E-state index < -0.39 is 22.2 Å². The molecule has 3 atom stereocenters. The number of carbonyl (C=O) groups excluding carboxylic acids is 2. The van der Waals surface area contributed by atoms with Crippen LogP contribution in [0.2, 0.25) is 0 Å². The molecule has 184 valence electrons. The SMILES string of the molecule is CCCCC(C)(C)[C@H](O)/C=C/[C@H]1CCC(=O)[C@@H]1CC=CCCCCOC(=O)NS(C)(=O)=O. The third kappa shape index (κ3) is 11.3. The maximum Gasteiger partial charge on any atom is 0.420 e. The van der Waals surface area contributed by atoms with Crippen LogP contribution < -0.4 is 4.72 Å². The number of aliphatic hydroxyl groups is 1. The summed E-state index contributed by atoms with van der Waals surface area (Å²) < 4.78 is 28.3. The van der Waals surface area contributed by atoms with Crippen molar-refractivity contribution in [2.45, 2.75) is 84.7 Å². The minimum absolute atomic E-state index is 0.0310. The van der Waals surface area contributed by atoms with Crippen LogP contribution in [-0.4, -0.2) is 44.4 Å². The number of amides is 1. The van der Waals surface area contributed by atoms with Crippen LogP contribution in [0.4, 0.5) is 4.79 Å². The summed E-state index contributed by atoms with van der Waals surface area (Å²) >= 11 is 0. The first kappa shape index (κ1) is 28.4. The summed E-state index contributed by atoms with van der Waals surface area (Å²) in [5, 5.41) is 10.6. The number of allylic oxidation sites excluding steroid dienone is 3. The van der Waals surface area contributed by atoms with Crippen molar-refractivity contribution in [1.29, 1.82) is 0 Å². The number of aliphatic hydroxyl groups excluding tert-OH is 1. The third-order valence-electron chi connectivity index (χ3n) is 5.99. The maximum absolute atomic E-state index is 12.3. The smallest absolute Gasteiger partial charge is 0.420 e. The number of ether oxygens (including phenoxy) is 1. The second-order valence-corrected chi connectivity index (χ2v) is 11.2. The number of rotatable bonds is 14. The van der Waals surface area contributed by atoms with Gasteiger partial charge in [0.2, 0.25) is 10.0 Å². The summed E-state index contributed by atoms with van der Waals surface area (Å²) in [7, 11) is -3.60. The molecule has 1 amide bonds. The predicted octanol–water partition coefficient (Wildman–Crippen LogP) is 4.52. The lowest BCUT2D eigenvalue weighted by atomic mass is 9.80. The Morgan fingerprint density at radius 1 is 1.28 bits per heavy atom. The van der Waals surface area contributed by atoms with Gasteiger partial charge in [0, 0.05) is 12.3 Å². The topological polar surface area (TPSA) is 110 Å². The van der Waals surface area contributed by atoms with Gasteiger partial charge in [0.15, 0.2) is 0 Å². The number of unbranched alkanes of at least 4 members (excludes halogenated alkanes) is 3. The molecule has 0 unspecified atom stereocenters. The first-order valence-electron chi connectivity index (χ1n) is 11.6. The van der Waals surface area contributed by atoms with Crippen molar-refractivity contribution in [3.8, 4) is 0 Å². The number of Topliss-reactive ketones (excluding diaryl/α,β-unsaturated/α-hetero) is 1. The molecule has 0 spiro atoms. The minimum Gasteiger partial charge on any atom is -0.449 e. The second-order valence-electron chi connectivity index (χ2n) is 9.41. The van der Waals surface area contributed by atoms with E-state index in [1.54, 1.807) is 4.72 Å². The fourth-order valence-electron chi connectivity index (χ4n) is 3.83. The Morgan fingerprint density at radius 3 is 2.66 bits per heavy atom. The average molecular weight is 472 g/mol. The highest BCUT2D eigenvalue weighted by Crippen LogP contribution is 2.34. The van der Waals surface area contributed by atoms with Gasteiger partial charge in [0.05, 0.1) is 19.0 Å². The Balaban J connectivity index is 2.37. The molecular formula is C24H41NO6S. The number of ketones is 1. The van der Waals surface area contributed by atoms with Gasteiger partial charge in [-0.25, -0.2) is 17.9 Å². The summed E-state index contributed by atoms with van der Waals surface area (Å²) in [6, 6.07) is 0. The Hall–Kier alpha value is -1.67. The van der Waals surface area contributed by atoms with Crippen molar-refractivity contribution in [2.24, 2.45) is 17.3 Å². The van der Waals surface area contributed by atoms with Gasteiger partial charge in [-0.05, 0) is 49.9 Å². The van der Waals surface area contributed by atoms with E-state index >= 15 is 0 Å². The molecule has 1 rings (SSSR count). The standard InChI is InChI=1S/C24H41NO6S/c1-5-6-17-24(2,3)22(27)16-14-19-13-15-21(26)20(19)12-10-8-7-9-11-18-31-23(28)25-32(4,29)30/h8,10,14,16,19-20,22,27H,5-7,9,11-13,15,17-18H2,1-4H3,(H,25,28)/b10-8?,16-14+/t19-,20-,22-/m1/s1. The molecule has 0 saturated heterocycles. The van der Waals surface area contributed by atoms with Crippen LogP contribution in [0.15, 0.2) is 24.3 Å². The molecular weight excluding hydrogens is 430 g/mol. The van der Waals surface area contributed by atoms with E-state index in [9.17, 15) is 23.1 Å². The van der Waals surface area contributed by atoms with Crippen molar-refractivity contribution in [3.63, 3.8) is 0 Å². The Bertz CT molecular complexity index is 756. The van der Waals surface area contributed by atoms with Crippen molar-refractivity contribution in [2.75, 3.05) is 12.9 Å². The molecule has 1 fully saturated rings. The first-order chi connectivity index (χ1) is 15.0. The van der Waals surface area contributed by atoms with Gasteiger partial charge in [0.1, 0.15) is 5.78 Å². The average Bonchev–Trinajstić information content (AvgIpc) is 3.04. The van der Waals surface area contributed by atoms with E-state index in [1.165, 1.54) is 0 Å². The lowest BCUT2D eigenvalue weighted by molar-refractivity contribution is -0.120. The monoisotopic (exact) mass is 471 g/mol. The van der Waals surface area contributed by atoms with Crippen LogP contribution in [-0.2, 0) is 19.6 Å². The van der Waals surface area contributed by atoms with E-state index in [-0.39, 0.29) is 29.6 Å². The molecule has 0 radical (unpaired) electrons. The summed E-state index contributed by atoms with van der Waals surface area (Å²) in [6.45, 7) is 6.47. The largest absolute Gasteiger partial charge is 0.449 e. The second kappa shape index (κ2) is 13.8. The van der Waals surface area contributed by atoms with E-state index in [1.807, 2.05) is 24.3 Å². The Kier molecular flexibility index (Phi) is 12.2. The molecule has 0 bridgehead atoms. The molecule has 2 N–H and O–H groups in total. The molecule has 8 heteroatoms. The minimum atomic E-state index is -3.60. The molecule has 0 aromatic rings. The molecule has 1 aliphatic carbocycles. The van der Waals surface area contributed by atoms with Crippen LogP contribution in [0.25, 0.3) is 0 Å². The fraction of sp³-hybridized carbons (Fsp3) is 0.750. The highest BCUT2D eigenvalue weighted by atomic mass is 32.2. The van der Waals surface area contributed by atoms with E-state index in [0.717, 1.165) is 44.8 Å². The zero-order valence-electron chi connectivity index (χ0n) is 20.0. The molecule has 1 aliphatic rings. The van der Waals surface area contributed by atoms with Crippen LogP contribution in [0.5, 0.6) is 0 Å². The van der Waals surface area contributed by atoms with E-state index in [0.29, 0.717) is 19.3 Å². The van der Waals surface area contributed by atoms with Crippen LogP contribution >= 0.6 is 0 Å². The van der Waals surface area contributed by atoms with E-state index in [2.05, 4.69) is 20.8 Å². The molecule has 0 aromatic heterocycles. The summed E-state index contributed by atoms with van der Waals surface area (Å²) in [6.07, 6.45) is 14.9. The zero-order valence-corrected chi connectivity index (χ0v) is 20.8. The lowest BCUT2D eigenvalue weighted by Gasteiger charge is -2.29. The molecule has 0 heterocycles.